The van der Waals surface area contributed by atoms with Crippen LogP contribution in [0, 0.1) is 4.77 Å². The maximum Gasteiger partial charge on any atom is 0.226 e. The molecular formula is C13H23N5S. The molecule has 0 aliphatic carbocycles. The van der Waals surface area contributed by atoms with E-state index in [9.17, 15) is 0 Å². The predicted molar refractivity (Wildman–Crippen MR) is 79.1 cm³/mol. The molecule has 0 amide bonds. The minimum Gasteiger partial charge on any atom is -0.335 e. The van der Waals surface area contributed by atoms with E-state index in [2.05, 4.69) is 38.4 Å². The number of anilines is 1. The highest BCUT2D eigenvalue weighted by Gasteiger charge is 2.36. The monoisotopic (exact) mass is 281 g/mol. The van der Waals surface area contributed by atoms with Gasteiger partial charge in [-0.05, 0) is 44.9 Å². The Bertz CT molecular complexity index is 493. The van der Waals surface area contributed by atoms with Crippen molar-refractivity contribution in [3.05, 3.63) is 4.77 Å². The Kier molecular flexibility index (Phi) is 3.62. The van der Waals surface area contributed by atoms with E-state index in [1.807, 2.05) is 0 Å². The first kappa shape index (κ1) is 13.1. The van der Waals surface area contributed by atoms with Gasteiger partial charge in [0.2, 0.25) is 5.95 Å². The largest absolute Gasteiger partial charge is 0.335 e. The minimum atomic E-state index is 0.509. The molecule has 1 aromatic heterocycles. The zero-order chi connectivity index (χ0) is 13.4. The van der Waals surface area contributed by atoms with Crippen LogP contribution in [-0.2, 0) is 6.54 Å². The van der Waals surface area contributed by atoms with Gasteiger partial charge in [-0.25, -0.2) is 5.10 Å². The van der Waals surface area contributed by atoms with E-state index in [4.69, 9.17) is 12.2 Å². The van der Waals surface area contributed by atoms with Crippen LogP contribution in [0.5, 0.6) is 0 Å². The van der Waals surface area contributed by atoms with Gasteiger partial charge in [0.1, 0.15) is 0 Å². The van der Waals surface area contributed by atoms with Gasteiger partial charge in [-0.2, -0.15) is 0 Å². The third-order valence-electron chi connectivity index (χ3n) is 4.38. The van der Waals surface area contributed by atoms with Gasteiger partial charge in [-0.1, -0.05) is 6.92 Å². The number of rotatable bonds is 3. The van der Waals surface area contributed by atoms with Gasteiger partial charge < -0.3 is 4.90 Å². The SMILES string of the molecule is CCCn1c(N2CC3CCCN3CC2C)n[nH]c1=S. The molecule has 2 unspecified atom stereocenters. The number of aromatic nitrogens is 3. The number of piperazine rings is 1. The van der Waals surface area contributed by atoms with Crippen LogP contribution in [0.3, 0.4) is 0 Å². The van der Waals surface area contributed by atoms with Crippen molar-refractivity contribution < 1.29 is 0 Å². The van der Waals surface area contributed by atoms with Crippen LogP contribution >= 0.6 is 12.2 Å². The van der Waals surface area contributed by atoms with Crippen LogP contribution in [0.15, 0.2) is 0 Å². The standard InChI is InChI=1S/C13H23N5S/c1-3-6-17-12(14-15-13(17)19)18-9-11-5-4-7-16(11)8-10(18)2/h10-11H,3-9H2,1-2H3,(H,15,19). The lowest BCUT2D eigenvalue weighted by molar-refractivity contribution is 0.200. The quantitative estimate of drug-likeness (QED) is 0.861. The average molecular weight is 281 g/mol. The van der Waals surface area contributed by atoms with Gasteiger partial charge in [0.05, 0.1) is 0 Å². The van der Waals surface area contributed by atoms with Crippen molar-refractivity contribution in [1.29, 1.82) is 0 Å². The van der Waals surface area contributed by atoms with Gasteiger partial charge in [0.25, 0.3) is 0 Å². The molecule has 3 rings (SSSR count). The van der Waals surface area contributed by atoms with Crippen LogP contribution in [0.25, 0.3) is 0 Å². The summed E-state index contributed by atoms with van der Waals surface area (Å²) in [7, 11) is 0. The third-order valence-corrected chi connectivity index (χ3v) is 4.69. The first-order chi connectivity index (χ1) is 9.20. The molecule has 2 saturated heterocycles. The van der Waals surface area contributed by atoms with Crippen molar-refractivity contribution in [3.63, 3.8) is 0 Å². The second kappa shape index (κ2) is 5.25. The average Bonchev–Trinajstić information content (AvgIpc) is 2.97. The van der Waals surface area contributed by atoms with E-state index in [-0.39, 0.29) is 0 Å². The Morgan fingerprint density at radius 3 is 3.05 bits per heavy atom. The van der Waals surface area contributed by atoms with Crippen LogP contribution in [0.1, 0.15) is 33.1 Å². The summed E-state index contributed by atoms with van der Waals surface area (Å²) in [5, 5.41) is 7.44. The van der Waals surface area contributed by atoms with Crippen molar-refractivity contribution in [1.82, 2.24) is 19.7 Å². The molecule has 0 spiro atoms. The maximum absolute atomic E-state index is 5.35. The van der Waals surface area contributed by atoms with Gasteiger partial charge in [0, 0.05) is 31.7 Å². The highest BCUT2D eigenvalue weighted by molar-refractivity contribution is 7.71. The van der Waals surface area contributed by atoms with E-state index < -0.39 is 0 Å². The summed E-state index contributed by atoms with van der Waals surface area (Å²) in [6, 6.07) is 1.21. The molecule has 19 heavy (non-hydrogen) atoms. The van der Waals surface area contributed by atoms with Crippen molar-refractivity contribution in [2.24, 2.45) is 0 Å². The van der Waals surface area contributed by atoms with Gasteiger partial charge >= 0.3 is 0 Å². The number of nitrogens with zero attached hydrogens (tertiary/aromatic N) is 4. The summed E-state index contributed by atoms with van der Waals surface area (Å²) < 4.78 is 2.90. The first-order valence-corrected chi connectivity index (χ1v) is 7.77. The van der Waals surface area contributed by atoms with Crippen LogP contribution in [0.4, 0.5) is 5.95 Å². The molecule has 2 aliphatic heterocycles. The number of hydrogen-bond acceptors (Lipinski definition) is 4. The summed E-state index contributed by atoms with van der Waals surface area (Å²) in [5.41, 5.74) is 0. The van der Waals surface area contributed by atoms with E-state index in [0.717, 1.165) is 36.8 Å². The number of nitrogens with one attached hydrogen (secondary N) is 1. The summed E-state index contributed by atoms with van der Waals surface area (Å²) in [6.07, 6.45) is 3.74. The fourth-order valence-corrected chi connectivity index (χ4v) is 3.64. The second-order valence-electron chi connectivity index (χ2n) is 5.77. The fourth-order valence-electron chi connectivity index (χ4n) is 3.42. The molecule has 5 nitrogen and oxygen atoms in total. The summed E-state index contributed by atoms with van der Waals surface area (Å²) in [4.78, 5) is 5.07. The molecule has 2 atom stereocenters. The first-order valence-electron chi connectivity index (χ1n) is 7.36. The van der Waals surface area contributed by atoms with Gasteiger partial charge in [-0.15, -0.1) is 5.10 Å². The number of aromatic amines is 1. The molecule has 2 fully saturated rings. The molecular weight excluding hydrogens is 258 g/mol. The molecule has 0 bridgehead atoms. The van der Waals surface area contributed by atoms with Crippen LogP contribution < -0.4 is 4.90 Å². The van der Waals surface area contributed by atoms with Crippen molar-refractivity contribution >= 4 is 18.2 Å². The Balaban J connectivity index is 1.86. The zero-order valence-electron chi connectivity index (χ0n) is 11.8. The van der Waals surface area contributed by atoms with Gasteiger partial charge in [-0.3, -0.25) is 9.47 Å². The van der Waals surface area contributed by atoms with Crippen LogP contribution in [0.2, 0.25) is 0 Å². The molecule has 1 N–H and O–H groups in total. The molecule has 1 aromatic rings. The van der Waals surface area contributed by atoms with Crippen molar-refractivity contribution in [2.45, 2.75) is 51.7 Å². The minimum absolute atomic E-state index is 0.509. The second-order valence-corrected chi connectivity index (χ2v) is 6.16. The number of H-pyrrole nitrogens is 1. The topological polar surface area (TPSA) is 40.1 Å². The lowest BCUT2D eigenvalue weighted by Gasteiger charge is -2.42. The Hall–Kier alpha value is -0.880. The molecule has 0 radical (unpaired) electrons. The predicted octanol–water partition coefficient (Wildman–Crippen LogP) is 2.02. The Morgan fingerprint density at radius 2 is 2.26 bits per heavy atom. The molecule has 106 valence electrons. The third kappa shape index (κ3) is 2.31. The summed E-state index contributed by atoms with van der Waals surface area (Å²) in [6.45, 7) is 8.92. The van der Waals surface area contributed by atoms with Crippen LogP contribution in [-0.4, -0.2) is 51.4 Å². The van der Waals surface area contributed by atoms with Crippen molar-refractivity contribution in [2.75, 3.05) is 24.5 Å². The summed E-state index contributed by atoms with van der Waals surface area (Å²) >= 11 is 5.35. The number of fused-ring (bicyclic) bond motifs is 1. The molecule has 0 aromatic carbocycles. The molecule has 3 heterocycles. The normalized spacial score (nSPS) is 27.8. The Morgan fingerprint density at radius 1 is 1.42 bits per heavy atom. The smallest absolute Gasteiger partial charge is 0.226 e. The van der Waals surface area contributed by atoms with E-state index >= 15 is 0 Å². The van der Waals surface area contributed by atoms with E-state index in [1.165, 1.54) is 19.4 Å². The van der Waals surface area contributed by atoms with E-state index in [0.29, 0.717) is 12.1 Å². The highest BCUT2D eigenvalue weighted by atomic mass is 32.1. The lowest BCUT2D eigenvalue weighted by atomic mass is 10.1. The van der Waals surface area contributed by atoms with E-state index in [1.54, 1.807) is 0 Å². The molecule has 2 aliphatic rings. The fraction of sp³-hybridized carbons (Fsp3) is 0.846. The van der Waals surface area contributed by atoms with Gasteiger partial charge in [0.15, 0.2) is 4.77 Å². The maximum atomic E-state index is 5.35. The number of hydrogen-bond donors (Lipinski definition) is 1. The van der Waals surface area contributed by atoms with Crippen molar-refractivity contribution in [3.8, 4) is 0 Å². The molecule has 0 saturated carbocycles. The zero-order valence-corrected chi connectivity index (χ0v) is 12.6. The lowest BCUT2D eigenvalue weighted by Crippen LogP contribution is -2.55. The molecule has 6 heteroatoms. The summed E-state index contributed by atoms with van der Waals surface area (Å²) in [5.74, 6) is 1.03. The highest BCUT2D eigenvalue weighted by Crippen LogP contribution is 2.27. The Labute approximate surface area is 119 Å².